The minimum Gasteiger partial charge on any atom is -0.390 e. The van der Waals surface area contributed by atoms with Gasteiger partial charge in [-0.2, -0.15) is 10.4 Å². The van der Waals surface area contributed by atoms with E-state index in [4.69, 9.17) is 5.26 Å². The van der Waals surface area contributed by atoms with E-state index >= 15 is 0 Å². The van der Waals surface area contributed by atoms with Gasteiger partial charge in [-0.3, -0.25) is 4.68 Å². The highest BCUT2D eigenvalue weighted by atomic mass is 16.3. The average Bonchev–Trinajstić information content (AvgIpc) is 3.35. The quantitative estimate of drug-likeness (QED) is 0.651. The number of aryl methyl sites for hydroxylation is 1. The molecule has 1 aromatic rings. The zero-order chi connectivity index (χ0) is 21.9. The minimum atomic E-state index is -0.435. The van der Waals surface area contributed by atoms with Crippen molar-refractivity contribution in [3.05, 3.63) is 18.0 Å². The van der Waals surface area contributed by atoms with E-state index in [1.54, 1.807) is 6.20 Å². The first-order valence-electron chi connectivity index (χ1n) is 13.0. The summed E-state index contributed by atoms with van der Waals surface area (Å²) in [4.78, 5) is 0. The summed E-state index contributed by atoms with van der Waals surface area (Å²) in [6.45, 7) is 8.09. The molecule has 170 valence electrons. The second kappa shape index (κ2) is 7.62. The Kier molecular flexibility index (Phi) is 5.28. The maximum atomic E-state index is 10.8. The third-order valence-corrected chi connectivity index (χ3v) is 11.0. The largest absolute Gasteiger partial charge is 0.390 e. The maximum absolute atomic E-state index is 10.8. The number of nitrogens with zero attached hydrogens (tertiary/aromatic N) is 3. The Morgan fingerprint density at radius 1 is 1.13 bits per heavy atom. The number of nitriles is 1. The van der Waals surface area contributed by atoms with Crippen molar-refractivity contribution in [3.63, 3.8) is 0 Å². The van der Waals surface area contributed by atoms with E-state index in [9.17, 15) is 5.11 Å². The number of aliphatic hydroxyl groups is 1. The maximum Gasteiger partial charge on any atom is 0.102 e. The fourth-order valence-corrected chi connectivity index (χ4v) is 9.36. The lowest BCUT2D eigenvalue weighted by Gasteiger charge is -2.63. The molecule has 4 aliphatic rings. The van der Waals surface area contributed by atoms with Crippen molar-refractivity contribution >= 4 is 0 Å². The lowest BCUT2D eigenvalue weighted by Crippen LogP contribution is -2.56. The standard InChI is InChI=1S/C27H41N3O/c1-4-27-13-12-25(2,31)15-21(27)5-7-22-23-8-6-20(26(23,3)11-9-24(22)27)10-14-30-18-19(16-28)17-29-30/h17-18,20-24,31H,4-15H2,1-3H3/t20-,21-,22+,23+,24+,25-,26-,27+/m1/s1. The van der Waals surface area contributed by atoms with Gasteiger partial charge in [0.15, 0.2) is 0 Å². The van der Waals surface area contributed by atoms with Crippen molar-refractivity contribution in [2.45, 2.75) is 104 Å². The van der Waals surface area contributed by atoms with Gasteiger partial charge in [-0.1, -0.05) is 13.8 Å². The minimum absolute atomic E-state index is 0.435. The molecule has 0 aliphatic heterocycles. The van der Waals surface area contributed by atoms with Crippen molar-refractivity contribution in [2.75, 3.05) is 0 Å². The third-order valence-electron chi connectivity index (χ3n) is 11.0. The van der Waals surface area contributed by atoms with Crippen molar-refractivity contribution in [1.29, 1.82) is 5.26 Å². The van der Waals surface area contributed by atoms with Crippen LogP contribution < -0.4 is 0 Å². The summed E-state index contributed by atoms with van der Waals surface area (Å²) in [7, 11) is 0. The highest BCUT2D eigenvalue weighted by molar-refractivity contribution is 5.21. The van der Waals surface area contributed by atoms with Crippen LogP contribution in [-0.2, 0) is 6.54 Å². The smallest absolute Gasteiger partial charge is 0.102 e. The van der Waals surface area contributed by atoms with E-state index in [1.165, 1.54) is 57.8 Å². The van der Waals surface area contributed by atoms with Gasteiger partial charge in [0.1, 0.15) is 6.07 Å². The van der Waals surface area contributed by atoms with Crippen molar-refractivity contribution in [1.82, 2.24) is 9.78 Å². The lowest BCUT2D eigenvalue weighted by atomic mass is 9.43. The molecule has 4 nitrogen and oxygen atoms in total. The number of fused-ring (bicyclic) bond motifs is 5. The first-order valence-corrected chi connectivity index (χ1v) is 13.0. The van der Waals surface area contributed by atoms with Crippen LogP contribution in [-0.4, -0.2) is 20.5 Å². The van der Waals surface area contributed by atoms with Crippen molar-refractivity contribution < 1.29 is 5.11 Å². The van der Waals surface area contributed by atoms with Crippen LogP contribution in [0.4, 0.5) is 0 Å². The summed E-state index contributed by atoms with van der Waals surface area (Å²) < 4.78 is 1.98. The van der Waals surface area contributed by atoms with E-state index in [0.717, 1.165) is 49.0 Å². The highest BCUT2D eigenvalue weighted by Crippen LogP contribution is 2.69. The van der Waals surface area contributed by atoms with Gasteiger partial charge in [-0.05, 0) is 118 Å². The summed E-state index contributed by atoms with van der Waals surface area (Å²) >= 11 is 0. The highest BCUT2D eigenvalue weighted by Gasteiger charge is 2.61. The predicted octanol–water partition coefficient (Wildman–Crippen LogP) is 5.94. The molecule has 0 unspecified atom stereocenters. The number of hydrogen-bond donors (Lipinski definition) is 1. The zero-order valence-electron chi connectivity index (χ0n) is 19.8. The number of hydrogen-bond acceptors (Lipinski definition) is 3. The van der Waals surface area contributed by atoms with E-state index in [1.807, 2.05) is 10.9 Å². The Morgan fingerprint density at radius 3 is 2.71 bits per heavy atom. The number of aromatic nitrogens is 2. The molecule has 4 aliphatic carbocycles. The van der Waals surface area contributed by atoms with E-state index in [-0.39, 0.29) is 0 Å². The molecule has 0 bridgehead atoms. The summed E-state index contributed by atoms with van der Waals surface area (Å²) in [5, 5.41) is 24.3. The Morgan fingerprint density at radius 2 is 1.97 bits per heavy atom. The van der Waals surface area contributed by atoms with Crippen LogP contribution in [0.2, 0.25) is 0 Å². The van der Waals surface area contributed by atoms with Crippen LogP contribution >= 0.6 is 0 Å². The molecule has 5 rings (SSSR count). The fourth-order valence-electron chi connectivity index (χ4n) is 9.36. The Balaban J connectivity index is 1.32. The van der Waals surface area contributed by atoms with E-state index in [0.29, 0.717) is 16.4 Å². The molecule has 4 heteroatoms. The summed E-state index contributed by atoms with van der Waals surface area (Å²) in [6, 6.07) is 2.20. The average molecular weight is 424 g/mol. The molecule has 0 aromatic carbocycles. The number of rotatable bonds is 4. The molecule has 1 heterocycles. The molecule has 8 atom stereocenters. The van der Waals surface area contributed by atoms with Crippen LogP contribution in [0.5, 0.6) is 0 Å². The molecule has 1 aromatic heterocycles. The molecular weight excluding hydrogens is 382 g/mol. The molecule has 4 saturated carbocycles. The monoisotopic (exact) mass is 423 g/mol. The van der Waals surface area contributed by atoms with Gasteiger partial charge >= 0.3 is 0 Å². The topological polar surface area (TPSA) is 61.8 Å². The summed E-state index contributed by atoms with van der Waals surface area (Å²) in [5.74, 6) is 4.19. The Bertz CT molecular complexity index is 853. The van der Waals surface area contributed by atoms with Gasteiger partial charge in [-0.15, -0.1) is 0 Å². The molecular formula is C27H41N3O. The molecule has 0 spiro atoms. The molecule has 0 amide bonds. The second-order valence-electron chi connectivity index (χ2n) is 12.2. The molecule has 0 radical (unpaired) electrons. The zero-order valence-corrected chi connectivity index (χ0v) is 19.8. The Labute approximate surface area is 188 Å². The van der Waals surface area contributed by atoms with Gasteiger partial charge in [0.05, 0.1) is 17.4 Å². The van der Waals surface area contributed by atoms with Crippen molar-refractivity contribution in [2.24, 2.45) is 40.4 Å². The molecule has 4 fully saturated rings. The Hall–Kier alpha value is -1.34. The lowest BCUT2D eigenvalue weighted by molar-refractivity contribution is -0.156. The summed E-state index contributed by atoms with van der Waals surface area (Å²) in [6.07, 6.45) is 17.7. The van der Waals surface area contributed by atoms with Gasteiger partial charge in [-0.25, -0.2) is 0 Å². The van der Waals surface area contributed by atoms with E-state index in [2.05, 4.69) is 31.9 Å². The normalized spacial score (nSPS) is 46.6. The van der Waals surface area contributed by atoms with Crippen molar-refractivity contribution in [3.8, 4) is 6.07 Å². The van der Waals surface area contributed by atoms with Crippen LogP contribution in [0.3, 0.4) is 0 Å². The SMILES string of the molecule is CC[C@]12CC[C@@](C)(O)C[C@H]1CC[C@H]1[C@@H]3CC[C@H](CCn4cc(C#N)cn4)[C@@]3(C)CC[C@@H]12. The molecule has 31 heavy (non-hydrogen) atoms. The van der Waals surface area contributed by atoms with Crippen LogP contribution in [0, 0.1) is 51.8 Å². The second-order valence-corrected chi connectivity index (χ2v) is 12.2. The van der Waals surface area contributed by atoms with E-state index < -0.39 is 5.60 Å². The molecule has 1 N–H and O–H groups in total. The van der Waals surface area contributed by atoms with Crippen LogP contribution in [0.15, 0.2) is 12.4 Å². The van der Waals surface area contributed by atoms with Gasteiger partial charge in [0.2, 0.25) is 0 Å². The van der Waals surface area contributed by atoms with Gasteiger partial charge < -0.3 is 5.11 Å². The predicted molar refractivity (Wildman–Crippen MR) is 122 cm³/mol. The van der Waals surface area contributed by atoms with Gasteiger partial charge in [0, 0.05) is 12.7 Å². The van der Waals surface area contributed by atoms with Crippen LogP contribution in [0.25, 0.3) is 0 Å². The van der Waals surface area contributed by atoms with Gasteiger partial charge in [0.25, 0.3) is 0 Å². The first-order chi connectivity index (χ1) is 14.8. The third kappa shape index (κ3) is 3.38. The van der Waals surface area contributed by atoms with Crippen LogP contribution in [0.1, 0.15) is 97.0 Å². The molecule has 0 saturated heterocycles. The first kappa shape index (κ1) is 21.5. The fraction of sp³-hybridized carbons (Fsp3) is 0.852. The summed E-state index contributed by atoms with van der Waals surface area (Å²) in [5.41, 5.74) is 1.21.